The smallest absolute Gasteiger partial charge is 0.167 e. The molecule has 17 heavy (non-hydrogen) atoms. The van der Waals surface area contributed by atoms with Crippen molar-refractivity contribution in [2.45, 2.75) is 32.6 Å². The van der Waals surface area contributed by atoms with Crippen LogP contribution in [0.4, 0.5) is 5.82 Å². The molecule has 88 valence electrons. The van der Waals surface area contributed by atoms with Gasteiger partial charge in [-0.3, -0.25) is 0 Å². The van der Waals surface area contributed by atoms with Crippen LogP contribution in [-0.2, 0) is 0 Å². The summed E-state index contributed by atoms with van der Waals surface area (Å²) in [5, 5.41) is 3.92. The number of rotatable bonds is 2. The SMILES string of the molecule is Cc1noc(C)c1-c1nc(N)cc(C2CC2)n1. The number of nitrogens with two attached hydrogens (primary N) is 1. The fourth-order valence-corrected chi connectivity index (χ4v) is 1.99. The largest absolute Gasteiger partial charge is 0.384 e. The highest BCUT2D eigenvalue weighted by molar-refractivity contribution is 5.61. The van der Waals surface area contributed by atoms with Gasteiger partial charge in [-0.1, -0.05) is 5.16 Å². The zero-order chi connectivity index (χ0) is 12.0. The lowest BCUT2D eigenvalue weighted by Crippen LogP contribution is -2.00. The minimum absolute atomic E-state index is 0.511. The van der Waals surface area contributed by atoms with Gasteiger partial charge in [0.1, 0.15) is 11.6 Å². The Labute approximate surface area is 99.1 Å². The minimum Gasteiger partial charge on any atom is -0.384 e. The summed E-state index contributed by atoms with van der Waals surface area (Å²) in [7, 11) is 0. The van der Waals surface area contributed by atoms with E-state index in [4.69, 9.17) is 10.3 Å². The molecular weight excluding hydrogens is 216 g/mol. The van der Waals surface area contributed by atoms with Gasteiger partial charge >= 0.3 is 0 Å². The fourth-order valence-electron chi connectivity index (χ4n) is 1.99. The highest BCUT2D eigenvalue weighted by Crippen LogP contribution is 2.40. The molecule has 0 amide bonds. The normalized spacial score (nSPS) is 15.2. The van der Waals surface area contributed by atoms with Crippen molar-refractivity contribution >= 4 is 5.82 Å². The number of nitrogen functional groups attached to an aromatic ring is 1. The van der Waals surface area contributed by atoms with Gasteiger partial charge in [0.25, 0.3) is 0 Å². The van der Waals surface area contributed by atoms with Crippen LogP contribution in [-0.4, -0.2) is 15.1 Å². The molecule has 0 unspecified atom stereocenters. The van der Waals surface area contributed by atoms with Gasteiger partial charge in [-0.15, -0.1) is 0 Å². The van der Waals surface area contributed by atoms with E-state index >= 15 is 0 Å². The summed E-state index contributed by atoms with van der Waals surface area (Å²) in [6.45, 7) is 3.74. The van der Waals surface area contributed by atoms with Gasteiger partial charge in [-0.05, 0) is 26.7 Å². The number of nitrogens with zero attached hydrogens (tertiary/aromatic N) is 3. The Morgan fingerprint density at radius 2 is 2.06 bits per heavy atom. The summed E-state index contributed by atoms with van der Waals surface area (Å²) in [5.74, 6) is 2.43. The lowest BCUT2D eigenvalue weighted by atomic mass is 10.2. The monoisotopic (exact) mass is 230 g/mol. The van der Waals surface area contributed by atoms with Crippen molar-refractivity contribution in [1.82, 2.24) is 15.1 Å². The molecule has 1 aliphatic carbocycles. The quantitative estimate of drug-likeness (QED) is 0.855. The predicted molar refractivity (Wildman–Crippen MR) is 63.4 cm³/mol. The van der Waals surface area contributed by atoms with E-state index in [2.05, 4.69) is 15.1 Å². The van der Waals surface area contributed by atoms with Crippen LogP contribution in [0.1, 0.15) is 35.9 Å². The number of aryl methyl sites for hydroxylation is 2. The second-order valence-electron chi connectivity index (χ2n) is 4.51. The van der Waals surface area contributed by atoms with Crippen molar-refractivity contribution < 1.29 is 4.52 Å². The van der Waals surface area contributed by atoms with E-state index in [1.165, 1.54) is 12.8 Å². The van der Waals surface area contributed by atoms with E-state index in [0.29, 0.717) is 17.6 Å². The van der Waals surface area contributed by atoms with Crippen LogP contribution in [0, 0.1) is 13.8 Å². The van der Waals surface area contributed by atoms with Crippen molar-refractivity contribution in [1.29, 1.82) is 0 Å². The molecule has 2 N–H and O–H groups in total. The van der Waals surface area contributed by atoms with Crippen molar-refractivity contribution in [2.75, 3.05) is 5.73 Å². The maximum atomic E-state index is 5.83. The first-order chi connectivity index (χ1) is 8.15. The Hall–Kier alpha value is -1.91. The molecule has 1 aliphatic rings. The predicted octanol–water partition coefficient (Wildman–Crippen LogP) is 2.21. The number of anilines is 1. The summed E-state index contributed by atoms with van der Waals surface area (Å²) in [5.41, 5.74) is 8.52. The number of hydrogen-bond donors (Lipinski definition) is 1. The van der Waals surface area contributed by atoms with Gasteiger partial charge in [0.15, 0.2) is 5.82 Å². The molecule has 0 aliphatic heterocycles. The third-order valence-electron chi connectivity index (χ3n) is 3.02. The molecule has 0 radical (unpaired) electrons. The van der Waals surface area contributed by atoms with Gasteiger partial charge in [0, 0.05) is 17.7 Å². The highest BCUT2D eigenvalue weighted by Gasteiger charge is 2.27. The molecule has 2 aromatic rings. The summed E-state index contributed by atoms with van der Waals surface area (Å²) >= 11 is 0. The molecule has 5 heteroatoms. The Bertz CT molecular complexity index is 552. The van der Waals surface area contributed by atoms with Gasteiger partial charge in [0.05, 0.1) is 11.3 Å². The Morgan fingerprint density at radius 1 is 1.29 bits per heavy atom. The van der Waals surface area contributed by atoms with Crippen LogP contribution in [0.3, 0.4) is 0 Å². The van der Waals surface area contributed by atoms with Gasteiger partial charge in [-0.2, -0.15) is 0 Å². The standard InChI is InChI=1S/C12H14N4O/c1-6-11(7(2)17-16-6)12-14-9(8-3-4-8)5-10(13)15-12/h5,8H,3-4H2,1-2H3,(H2,13,14,15). The van der Waals surface area contributed by atoms with Crippen LogP contribution < -0.4 is 5.73 Å². The van der Waals surface area contributed by atoms with Gasteiger partial charge in [0.2, 0.25) is 0 Å². The average molecular weight is 230 g/mol. The molecule has 2 heterocycles. The van der Waals surface area contributed by atoms with Crippen molar-refractivity contribution in [2.24, 2.45) is 0 Å². The molecular formula is C12H14N4O. The van der Waals surface area contributed by atoms with E-state index in [1.807, 2.05) is 19.9 Å². The van der Waals surface area contributed by atoms with Crippen LogP contribution in [0.5, 0.6) is 0 Å². The molecule has 1 saturated carbocycles. The highest BCUT2D eigenvalue weighted by atomic mass is 16.5. The van der Waals surface area contributed by atoms with Crippen molar-refractivity contribution in [3.05, 3.63) is 23.2 Å². The first kappa shape index (κ1) is 10.3. The maximum absolute atomic E-state index is 5.83. The van der Waals surface area contributed by atoms with Gasteiger partial charge in [-0.25, -0.2) is 9.97 Å². The Balaban J connectivity index is 2.14. The first-order valence-corrected chi connectivity index (χ1v) is 5.73. The molecule has 0 bridgehead atoms. The third-order valence-corrected chi connectivity index (χ3v) is 3.02. The molecule has 3 rings (SSSR count). The van der Waals surface area contributed by atoms with E-state index in [-0.39, 0.29) is 0 Å². The van der Waals surface area contributed by atoms with Crippen molar-refractivity contribution in [3.8, 4) is 11.4 Å². The average Bonchev–Trinajstić information content (AvgIpc) is 3.05. The Kier molecular flexibility index (Phi) is 2.14. The lowest BCUT2D eigenvalue weighted by Gasteiger charge is -2.04. The van der Waals surface area contributed by atoms with Crippen LogP contribution in [0.15, 0.2) is 10.6 Å². The minimum atomic E-state index is 0.511. The molecule has 1 fully saturated rings. The van der Waals surface area contributed by atoms with E-state index in [1.54, 1.807) is 0 Å². The summed E-state index contributed by atoms with van der Waals surface area (Å²) in [6.07, 6.45) is 2.38. The summed E-state index contributed by atoms with van der Waals surface area (Å²) in [6, 6.07) is 1.86. The molecule has 2 aromatic heterocycles. The molecule has 5 nitrogen and oxygen atoms in total. The van der Waals surface area contributed by atoms with E-state index < -0.39 is 0 Å². The van der Waals surface area contributed by atoms with Crippen LogP contribution in [0.25, 0.3) is 11.4 Å². The second kappa shape index (κ2) is 3.55. The molecule has 0 saturated heterocycles. The zero-order valence-corrected chi connectivity index (χ0v) is 9.90. The van der Waals surface area contributed by atoms with Crippen LogP contribution in [0.2, 0.25) is 0 Å². The topological polar surface area (TPSA) is 77.8 Å². The third kappa shape index (κ3) is 1.77. The fraction of sp³-hybridized carbons (Fsp3) is 0.417. The maximum Gasteiger partial charge on any atom is 0.167 e. The van der Waals surface area contributed by atoms with Gasteiger partial charge < -0.3 is 10.3 Å². The summed E-state index contributed by atoms with van der Waals surface area (Å²) in [4.78, 5) is 8.84. The molecule has 0 spiro atoms. The first-order valence-electron chi connectivity index (χ1n) is 5.73. The lowest BCUT2D eigenvalue weighted by molar-refractivity contribution is 0.393. The van der Waals surface area contributed by atoms with E-state index in [0.717, 1.165) is 22.7 Å². The molecule has 0 atom stereocenters. The molecule has 0 aromatic carbocycles. The number of aromatic nitrogens is 3. The summed E-state index contributed by atoms with van der Waals surface area (Å²) < 4.78 is 5.13. The van der Waals surface area contributed by atoms with Crippen LogP contribution >= 0.6 is 0 Å². The van der Waals surface area contributed by atoms with Crippen molar-refractivity contribution in [3.63, 3.8) is 0 Å². The zero-order valence-electron chi connectivity index (χ0n) is 9.90. The number of hydrogen-bond acceptors (Lipinski definition) is 5. The Morgan fingerprint density at radius 3 is 2.65 bits per heavy atom. The van der Waals surface area contributed by atoms with E-state index in [9.17, 15) is 0 Å². The second-order valence-corrected chi connectivity index (χ2v) is 4.51.